The molecule has 1 aromatic rings. The van der Waals surface area contributed by atoms with Gasteiger partial charge in [0.1, 0.15) is 17.5 Å². The average Bonchev–Trinajstić information content (AvgIpc) is 2.35. The van der Waals surface area contributed by atoms with Crippen LogP contribution >= 0.6 is 0 Å². The van der Waals surface area contributed by atoms with Crippen LogP contribution in [0.1, 0.15) is 33.3 Å². The molecule has 0 amide bonds. The Morgan fingerprint density at radius 1 is 0.955 bits per heavy atom. The molecule has 0 spiro atoms. The number of halogens is 3. The van der Waals surface area contributed by atoms with E-state index in [1.54, 1.807) is 0 Å². The normalized spacial score (nSPS) is 12.5. The fourth-order valence-corrected chi connectivity index (χ4v) is 4.83. The summed E-state index contributed by atoms with van der Waals surface area (Å²) in [5.74, 6) is -2.76. The van der Waals surface area contributed by atoms with Crippen molar-refractivity contribution in [3.63, 3.8) is 0 Å². The van der Waals surface area contributed by atoms with E-state index in [0.717, 1.165) is 0 Å². The van der Waals surface area contributed by atoms with Crippen LogP contribution in [0.5, 0.6) is 0 Å². The molecule has 0 aliphatic heterocycles. The van der Waals surface area contributed by atoms with Crippen molar-refractivity contribution in [3.05, 3.63) is 35.1 Å². The summed E-state index contributed by atoms with van der Waals surface area (Å²) < 4.78 is 57.5. The SMILES string of the molecule is CO[Si](CCc1c(F)cc(F)cc1F)(OC(C)C)OC(C)C. The Kier molecular flexibility index (Phi) is 7.05. The van der Waals surface area contributed by atoms with Gasteiger partial charge >= 0.3 is 8.80 Å². The van der Waals surface area contributed by atoms with Gasteiger partial charge in [0.15, 0.2) is 0 Å². The fraction of sp³-hybridized carbons (Fsp3) is 0.600. The number of benzene rings is 1. The molecule has 0 aromatic heterocycles. The monoisotopic (exact) mass is 336 g/mol. The second-order valence-electron chi connectivity index (χ2n) is 5.57. The van der Waals surface area contributed by atoms with E-state index in [0.29, 0.717) is 12.1 Å². The van der Waals surface area contributed by atoms with Crippen molar-refractivity contribution in [1.82, 2.24) is 0 Å². The van der Waals surface area contributed by atoms with Gasteiger partial charge in [-0.05, 0) is 34.1 Å². The van der Waals surface area contributed by atoms with E-state index >= 15 is 0 Å². The van der Waals surface area contributed by atoms with E-state index in [9.17, 15) is 13.2 Å². The summed E-state index contributed by atoms with van der Waals surface area (Å²) in [7, 11) is -1.60. The van der Waals surface area contributed by atoms with Crippen LogP contribution in [0.25, 0.3) is 0 Å². The third kappa shape index (κ3) is 5.39. The Morgan fingerprint density at radius 2 is 1.41 bits per heavy atom. The van der Waals surface area contributed by atoms with Gasteiger partial charge < -0.3 is 13.3 Å². The quantitative estimate of drug-likeness (QED) is 0.670. The molecule has 0 aliphatic rings. The van der Waals surface area contributed by atoms with Crippen molar-refractivity contribution in [1.29, 1.82) is 0 Å². The van der Waals surface area contributed by atoms with Crippen LogP contribution in [0.4, 0.5) is 13.2 Å². The largest absolute Gasteiger partial charge is 0.501 e. The molecule has 0 heterocycles. The van der Waals surface area contributed by atoms with Crippen LogP contribution < -0.4 is 0 Å². The van der Waals surface area contributed by atoms with Gasteiger partial charge in [0.05, 0.1) is 0 Å². The first-order valence-electron chi connectivity index (χ1n) is 7.23. The molecule has 0 saturated heterocycles. The van der Waals surface area contributed by atoms with Crippen LogP contribution in [0.2, 0.25) is 6.04 Å². The highest BCUT2D eigenvalue weighted by Crippen LogP contribution is 2.24. The molecular weight excluding hydrogens is 313 g/mol. The van der Waals surface area contributed by atoms with Crippen LogP contribution in [0.3, 0.4) is 0 Å². The molecule has 0 radical (unpaired) electrons. The topological polar surface area (TPSA) is 27.7 Å². The van der Waals surface area contributed by atoms with Gasteiger partial charge in [-0.15, -0.1) is 0 Å². The highest BCUT2D eigenvalue weighted by Gasteiger charge is 2.42. The Labute approximate surface area is 130 Å². The molecule has 1 aromatic carbocycles. The maximum Gasteiger partial charge on any atom is 0.501 e. The summed E-state index contributed by atoms with van der Waals surface area (Å²) in [6.07, 6.45) is -0.279. The van der Waals surface area contributed by atoms with Crippen molar-refractivity contribution in [3.8, 4) is 0 Å². The van der Waals surface area contributed by atoms with Crippen LogP contribution in [-0.4, -0.2) is 28.1 Å². The fourth-order valence-electron chi connectivity index (χ4n) is 2.15. The van der Waals surface area contributed by atoms with Gasteiger partial charge in [-0.25, -0.2) is 13.2 Å². The number of rotatable bonds is 8. The molecule has 7 heteroatoms. The molecule has 0 N–H and O–H groups in total. The van der Waals surface area contributed by atoms with E-state index < -0.39 is 26.3 Å². The molecule has 0 unspecified atom stereocenters. The Bertz CT molecular complexity index is 462. The lowest BCUT2D eigenvalue weighted by Crippen LogP contribution is -2.48. The zero-order valence-electron chi connectivity index (χ0n) is 13.6. The summed E-state index contributed by atoms with van der Waals surface area (Å²) in [6.45, 7) is 7.35. The zero-order chi connectivity index (χ0) is 16.9. The number of hydrogen-bond acceptors (Lipinski definition) is 3. The molecular formula is C15H23F3O3Si. The second kappa shape index (κ2) is 8.10. The molecule has 0 atom stereocenters. The van der Waals surface area contributed by atoms with Crippen molar-refractivity contribution >= 4 is 8.80 Å². The molecule has 126 valence electrons. The minimum absolute atomic E-state index is 0.0114. The lowest BCUT2D eigenvalue weighted by Gasteiger charge is -2.31. The van der Waals surface area contributed by atoms with Gasteiger partial charge in [0, 0.05) is 43.1 Å². The van der Waals surface area contributed by atoms with Gasteiger partial charge in [0.25, 0.3) is 0 Å². The zero-order valence-corrected chi connectivity index (χ0v) is 14.6. The summed E-state index contributed by atoms with van der Waals surface area (Å²) >= 11 is 0. The van der Waals surface area contributed by atoms with Crippen molar-refractivity contribution in [2.75, 3.05) is 7.11 Å². The van der Waals surface area contributed by atoms with Crippen LogP contribution in [0, 0.1) is 17.5 Å². The maximum absolute atomic E-state index is 13.7. The van der Waals surface area contributed by atoms with Crippen LogP contribution in [0.15, 0.2) is 12.1 Å². The molecule has 1 rings (SSSR count). The minimum Gasteiger partial charge on any atom is -0.377 e. The highest BCUT2D eigenvalue weighted by atomic mass is 28.4. The van der Waals surface area contributed by atoms with Crippen LogP contribution in [-0.2, 0) is 19.7 Å². The first-order valence-corrected chi connectivity index (χ1v) is 9.16. The Morgan fingerprint density at radius 3 is 1.77 bits per heavy atom. The third-order valence-electron chi connectivity index (χ3n) is 2.93. The minimum atomic E-state index is -3.06. The van der Waals surface area contributed by atoms with Crippen molar-refractivity contribution in [2.45, 2.75) is 52.4 Å². The standard InChI is InChI=1S/C15H23F3O3Si/c1-10(2)20-22(19-5,21-11(3)4)7-6-13-14(17)8-12(16)9-15(13)18/h8-11H,6-7H2,1-5H3. The molecule has 3 nitrogen and oxygen atoms in total. The Hall–Kier alpha value is -0.893. The number of hydrogen-bond donors (Lipinski definition) is 0. The Balaban J connectivity index is 2.95. The van der Waals surface area contributed by atoms with E-state index in [-0.39, 0.29) is 30.2 Å². The van der Waals surface area contributed by atoms with E-state index in [1.807, 2.05) is 27.7 Å². The molecule has 22 heavy (non-hydrogen) atoms. The van der Waals surface area contributed by atoms with E-state index in [2.05, 4.69) is 0 Å². The van der Waals surface area contributed by atoms with Crippen molar-refractivity contribution in [2.24, 2.45) is 0 Å². The molecule has 0 fully saturated rings. The second-order valence-corrected chi connectivity index (χ2v) is 8.31. The first kappa shape index (κ1) is 19.2. The predicted molar refractivity (Wildman–Crippen MR) is 80.0 cm³/mol. The van der Waals surface area contributed by atoms with Gasteiger partial charge in [0.2, 0.25) is 0 Å². The average molecular weight is 336 g/mol. The summed E-state index contributed by atoms with van der Waals surface area (Å²) in [5.41, 5.74) is -0.185. The molecule has 0 saturated carbocycles. The van der Waals surface area contributed by atoms with Gasteiger partial charge in [-0.2, -0.15) is 0 Å². The summed E-state index contributed by atoms with van der Waals surface area (Å²) in [5, 5.41) is 0. The van der Waals surface area contributed by atoms with Crippen molar-refractivity contribution < 1.29 is 26.4 Å². The van der Waals surface area contributed by atoms with Gasteiger partial charge in [-0.1, -0.05) is 0 Å². The van der Waals surface area contributed by atoms with E-state index in [1.165, 1.54) is 7.11 Å². The summed E-state index contributed by atoms with van der Waals surface area (Å²) in [4.78, 5) is 0. The van der Waals surface area contributed by atoms with E-state index in [4.69, 9.17) is 13.3 Å². The lowest BCUT2D eigenvalue weighted by molar-refractivity contribution is 0.0328. The lowest BCUT2D eigenvalue weighted by atomic mass is 10.1. The molecule has 0 bridgehead atoms. The first-order chi connectivity index (χ1) is 10.2. The van der Waals surface area contributed by atoms with Gasteiger partial charge in [-0.3, -0.25) is 0 Å². The summed E-state index contributed by atoms with van der Waals surface area (Å²) in [6, 6.07) is 1.54. The maximum atomic E-state index is 13.7. The smallest absolute Gasteiger partial charge is 0.377 e. The molecule has 0 aliphatic carbocycles. The highest BCUT2D eigenvalue weighted by molar-refractivity contribution is 6.60. The predicted octanol–water partition coefficient (Wildman–Crippen LogP) is 4.08. The third-order valence-corrected chi connectivity index (χ3v) is 6.07.